The fourth-order valence-electron chi connectivity index (χ4n) is 1.69. The number of pyridine rings is 1. The third kappa shape index (κ3) is 2.23. The van der Waals surface area contributed by atoms with E-state index in [1.165, 1.54) is 18.4 Å². The number of hydrogen-bond acceptors (Lipinski definition) is 3. The summed E-state index contributed by atoms with van der Waals surface area (Å²) in [6.45, 7) is 3.84. The molecule has 3 heteroatoms. The van der Waals surface area contributed by atoms with Crippen LogP contribution in [0.2, 0.25) is 0 Å². The van der Waals surface area contributed by atoms with Crippen molar-refractivity contribution >= 4 is 5.82 Å². The van der Waals surface area contributed by atoms with Gasteiger partial charge < -0.3 is 10.1 Å². The third-order valence-corrected chi connectivity index (χ3v) is 2.53. The molecule has 1 aromatic heterocycles. The van der Waals surface area contributed by atoms with Gasteiger partial charge in [-0.15, -0.1) is 0 Å². The largest absolute Gasteiger partial charge is 0.376 e. The molecule has 3 nitrogen and oxygen atoms in total. The number of nitrogens with one attached hydrogen (secondary N) is 1. The molecule has 1 atom stereocenters. The van der Waals surface area contributed by atoms with Gasteiger partial charge in [0.15, 0.2) is 0 Å². The van der Waals surface area contributed by atoms with Gasteiger partial charge in [-0.1, -0.05) is 6.07 Å². The summed E-state index contributed by atoms with van der Waals surface area (Å²) in [7, 11) is 0. The van der Waals surface area contributed by atoms with E-state index >= 15 is 0 Å². The second-order valence-corrected chi connectivity index (χ2v) is 3.68. The summed E-state index contributed by atoms with van der Waals surface area (Å²) in [6, 6.07) is 4.01. The maximum Gasteiger partial charge on any atom is 0.128 e. The number of ether oxygens (including phenoxy) is 1. The van der Waals surface area contributed by atoms with Crippen LogP contribution in [0.1, 0.15) is 18.4 Å². The van der Waals surface area contributed by atoms with Gasteiger partial charge in [-0.3, -0.25) is 0 Å². The van der Waals surface area contributed by atoms with Crippen molar-refractivity contribution in [3.8, 4) is 0 Å². The maximum atomic E-state index is 5.52. The normalized spacial score (nSPS) is 21.1. The molecule has 0 aliphatic carbocycles. The fourth-order valence-corrected chi connectivity index (χ4v) is 1.69. The minimum atomic E-state index is 0.372. The molecule has 76 valence electrons. The van der Waals surface area contributed by atoms with Gasteiger partial charge in [0.1, 0.15) is 5.82 Å². The summed E-state index contributed by atoms with van der Waals surface area (Å²) in [5, 5.41) is 3.32. The lowest BCUT2D eigenvalue weighted by atomic mass is 10.2. The van der Waals surface area contributed by atoms with Crippen molar-refractivity contribution in [2.45, 2.75) is 25.9 Å². The highest BCUT2D eigenvalue weighted by atomic mass is 16.5. The summed E-state index contributed by atoms with van der Waals surface area (Å²) < 4.78 is 5.52. The molecule has 0 saturated carbocycles. The summed E-state index contributed by atoms with van der Waals surface area (Å²) in [6.07, 6.45) is 4.54. The fraction of sp³-hybridized carbons (Fsp3) is 0.545. The first-order valence-corrected chi connectivity index (χ1v) is 5.13. The van der Waals surface area contributed by atoms with E-state index in [4.69, 9.17) is 4.74 Å². The minimum absolute atomic E-state index is 0.372. The minimum Gasteiger partial charge on any atom is -0.376 e. The third-order valence-electron chi connectivity index (χ3n) is 2.53. The van der Waals surface area contributed by atoms with Crippen molar-refractivity contribution in [1.29, 1.82) is 0 Å². The number of anilines is 1. The van der Waals surface area contributed by atoms with Gasteiger partial charge in [-0.05, 0) is 31.4 Å². The molecule has 0 radical (unpaired) electrons. The Morgan fingerprint density at radius 3 is 3.29 bits per heavy atom. The van der Waals surface area contributed by atoms with Crippen molar-refractivity contribution in [3.05, 3.63) is 23.9 Å². The predicted molar refractivity (Wildman–Crippen MR) is 56.4 cm³/mol. The van der Waals surface area contributed by atoms with Crippen molar-refractivity contribution in [2.24, 2.45) is 0 Å². The van der Waals surface area contributed by atoms with E-state index < -0.39 is 0 Å². The highest BCUT2D eigenvalue weighted by Crippen LogP contribution is 2.14. The lowest BCUT2D eigenvalue weighted by Gasteiger charge is -2.12. The number of aromatic nitrogens is 1. The quantitative estimate of drug-likeness (QED) is 0.795. The van der Waals surface area contributed by atoms with Crippen LogP contribution in [0.15, 0.2) is 18.3 Å². The molecule has 0 spiro atoms. The molecule has 0 bridgehead atoms. The maximum absolute atomic E-state index is 5.52. The summed E-state index contributed by atoms with van der Waals surface area (Å²) in [4.78, 5) is 4.27. The zero-order chi connectivity index (χ0) is 9.80. The average Bonchev–Trinajstić information content (AvgIpc) is 2.69. The molecule has 1 aliphatic heterocycles. The molecule has 14 heavy (non-hydrogen) atoms. The monoisotopic (exact) mass is 192 g/mol. The van der Waals surface area contributed by atoms with Crippen LogP contribution in [-0.4, -0.2) is 24.2 Å². The summed E-state index contributed by atoms with van der Waals surface area (Å²) in [5.41, 5.74) is 1.19. The number of hydrogen-bond donors (Lipinski definition) is 1. The Morgan fingerprint density at radius 1 is 1.64 bits per heavy atom. The zero-order valence-electron chi connectivity index (χ0n) is 8.49. The molecule has 1 aliphatic rings. The van der Waals surface area contributed by atoms with E-state index in [1.807, 2.05) is 12.3 Å². The molecule has 1 saturated heterocycles. The van der Waals surface area contributed by atoms with Crippen LogP contribution in [0.25, 0.3) is 0 Å². The Hall–Kier alpha value is -1.09. The van der Waals surface area contributed by atoms with E-state index in [-0.39, 0.29) is 0 Å². The molecule has 2 rings (SSSR count). The Morgan fingerprint density at radius 2 is 2.57 bits per heavy atom. The Kier molecular flexibility index (Phi) is 2.99. The molecule has 2 heterocycles. The topological polar surface area (TPSA) is 34.2 Å². The predicted octanol–water partition coefficient (Wildman–Crippen LogP) is 1.98. The van der Waals surface area contributed by atoms with E-state index in [1.54, 1.807) is 0 Å². The van der Waals surface area contributed by atoms with Crippen molar-refractivity contribution < 1.29 is 4.74 Å². The van der Waals surface area contributed by atoms with Crippen molar-refractivity contribution in [1.82, 2.24) is 4.98 Å². The van der Waals surface area contributed by atoms with Crippen LogP contribution in [0.3, 0.4) is 0 Å². The molecule has 1 unspecified atom stereocenters. The SMILES string of the molecule is Cc1cccnc1NCC1CCCO1. The van der Waals surface area contributed by atoms with Gasteiger partial charge in [0.2, 0.25) is 0 Å². The van der Waals surface area contributed by atoms with Crippen LogP contribution in [0.5, 0.6) is 0 Å². The van der Waals surface area contributed by atoms with E-state index in [2.05, 4.69) is 23.3 Å². The molecule has 1 fully saturated rings. The van der Waals surface area contributed by atoms with Crippen LogP contribution >= 0.6 is 0 Å². The highest BCUT2D eigenvalue weighted by Gasteiger charge is 2.15. The van der Waals surface area contributed by atoms with Crippen LogP contribution in [-0.2, 0) is 4.74 Å². The van der Waals surface area contributed by atoms with Gasteiger partial charge in [0.25, 0.3) is 0 Å². The molecule has 1 aromatic rings. The molecular weight excluding hydrogens is 176 g/mol. The van der Waals surface area contributed by atoms with Gasteiger partial charge in [-0.2, -0.15) is 0 Å². The Balaban J connectivity index is 1.88. The molecule has 0 aromatic carbocycles. The van der Waals surface area contributed by atoms with Crippen molar-refractivity contribution in [2.75, 3.05) is 18.5 Å². The standard InChI is InChI=1S/C11H16N2O/c1-9-4-2-6-12-11(9)13-8-10-5-3-7-14-10/h2,4,6,10H,3,5,7-8H2,1H3,(H,12,13). The average molecular weight is 192 g/mol. The van der Waals surface area contributed by atoms with Crippen LogP contribution in [0, 0.1) is 6.92 Å². The highest BCUT2D eigenvalue weighted by molar-refractivity contribution is 5.42. The lowest BCUT2D eigenvalue weighted by molar-refractivity contribution is 0.120. The van der Waals surface area contributed by atoms with Gasteiger partial charge >= 0.3 is 0 Å². The van der Waals surface area contributed by atoms with Crippen LogP contribution in [0.4, 0.5) is 5.82 Å². The first kappa shape index (κ1) is 9.46. The van der Waals surface area contributed by atoms with Crippen molar-refractivity contribution in [3.63, 3.8) is 0 Å². The summed E-state index contributed by atoms with van der Waals surface area (Å²) >= 11 is 0. The Labute approximate surface area is 84.5 Å². The zero-order valence-corrected chi connectivity index (χ0v) is 8.49. The van der Waals surface area contributed by atoms with Gasteiger partial charge in [0.05, 0.1) is 6.10 Å². The van der Waals surface area contributed by atoms with Gasteiger partial charge in [0, 0.05) is 19.3 Å². The Bertz CT molecular complexity index is 295. The smallest absolute Gasteiger partial charge is 0.128 e. The summed E-state index contributed by atoms with van der Waals surface area (Å²) in [5.74, 6) is 0.975. The molecule has 0 amide bonds. The second kappa shape index (κ2) is 4.42. The van der Waals surface area contributed by atoms with E-state index in [0.29, 0.717) is 6.10 Å². The molecule has 1 N–H and O–H groups in total. The van der Waals surface area contributed by atoms with E-state index in [9.17, 15) is 0 Å². The first-order chi connectivity index (χ1) is 6.86. The van der Waals surface area contributed by atoms with Crippen LogP contribution < -0.4 is 5.32 Å². The lowest BCUT2D eigenvalue weighted by Crippen LogP contribution is -2.19. The number of rotatable bonds is 3. The number of nitrogens with zero attached hydrogens (tertiary/aromatic N) is 1. The van der Waals surface area contributed by atoms with Gasteiger partial charge in [-0.25, -0.2) is 4.98 Å². The molecular formula is C11H16N2O. The van der Waals surface area contributed by atoms with E-state index in [0.717, 1.165) is 19.0 Å². The first-order valence-electron chi connectivity index (χ1n) is 5.13. The number of aryl methyl sites for hydroxylation is 1. The second-order valence-electron chi connectivity index (χ2n) is 3.68.